The number of phenols is 1. The van der Waals surface area contributed by atoms with Crippen molar-refractivity contribution in [1.29, 1.82) is 0 Å². The first-order chi connectivity index (χ1) is 14.0. The second-order valence-electron chi connectivity index (χ2n) is 7.46. The summed E-state index contributed by atoms with van der Waals surface area (Å²) in [5, 5.41) is 16.8. The highest BCUT2D eigenvalue weighted by atomic mass is 19.1. The predicted octanol–water partition coefficient (Wildman–Crippen LogP) is 4.98. The van der Waals surface area contributed by atoms with E-state index in [1.54, 1.807) is 30.3 Å². The molecule has 5 N–H and O–H groups in total. The smallest absolute Gasteiger partial charge is 0.222 e. The number of benzene rings is 2. The molecule has 2 aromatic carbocycles. The molecular weight excluding hydrogens is 369 g/mol. The van der Waals surface area contributed by atoms with Gasteiger partial charge in [-0.05, 0) is 55.7 Å². The number of rotatable bonds is 5. The summed E-state index contributed by atoms with van der Waals surface area (Å²) in [6.07, 6.45) is 4.61. The van der Waals surface area contributed by atoms with E-state index in [1.807, 2.05) is 13.0 Å². The highest BCUT2D eigenvalue weighted by molar-refractivity contribution is 5.75. The van der Waals surface area contributed by atoms with Gasteiger partial charge >= 0.3 is 0 Å². The molecule has 1 saturated carbocycles. The van der Waals surface area contributed by atoms with Crippen LogP contribution in [-0.2, 0) is 0 Å². The Bertz CT molecular complexity index is 1030. The molecule has 1 aromatic heterocycles. The molecule has 0 radical (unpaired) electrons. The zero-order valence-electron chi connectivity index (χ0n) is 16.2. The normalized spacial score (nSPS) is 14.1. The highest BCUT2D eigenvalue weighted by Gasteiger charge is 2.17. The molecule has 1 fully saturated rings. The van der Waals surface area contributed by atoms with Gasteiger partial charge in [0.2, 0.25) is 5.95 Å². The molecule has 4 rings (SSSR count). The summed E-state index contributed by atoms with van der Waals surface area (Å²) >= 11 is 0. The maximum absolute atomic E-state index is 14.2. The van der Waals surface area contributed by atoms with Crippen LogP contribution < -0.4 is 16.4 Å². The number of anilines is 4. The SMILES string of the molecule is Cc1ccc(Nc2ccc(O)c(-c3cc(NC4CCCC4)nc(N)n3)c2)c(F)c1. The van der Waals surface area contributed by atoms with Crippen molar-refractivity contribution in [3.63, 3.8) is 0 Å². The molecular formula is C22H24FN5O. The molecule has 1 aliphatic rings. The summed E-state index contributed by atoms with van der Waals surface area (Å²) in [6, 6.07) is 12.1. The number of hydrogen-bond donors (Lipinski definition) is 4. The molecule has 0 unspecified atom stereocenters. The van der Waals surface area contributed by atoms with Crippen LogP contribution in [-0.4, -0.2) is 21.1 Å². The molecule has 1 heterocycles. The van der Waals surface area contributed by atoms with Gasteiger partial charge in [-0.3, -0.25) is 0 Å². The van der Waals surface area contributed by atoms with E-state index in [4.69, 9.17) is 5.73 Å². The number of aromatic hydroxyl groups is 1. The van der Waals surface area contributed by atoms with E-state index in [-0.39, 0.29) is 17.5 Å². The van der Waals surface area contributed by atoms with Crippen LogP contribution in [0.3, 0.4) is 0 Å². The molecule has 0 aliphatic heterocycles. The van der Waals surface area contributed by atoms with E-state index >= 15 is 0 Å². The molecule has 3 aromatic rings. The molecule has 0 amide bonds. The molecule has 0 bridgehead atoms. The number of halogens is 1. The number of nitrogens with two attached hydrogens (primary N) is 1. The van der Waals surface area contributed by atoms with Crippen molar-refractivity contribution < 1.29 is 9.50 Å². The van der Waals surface area contributed by atoms with Crippen LogP contribution in [0.15, 0.2) is 42.5 Å². The minimum atomic E-state index is -0.339. The van der Waals surface area contributed by atoms with Gasteiger partial charge < -0.3 is 21.5 Å². The van der Waals surface area contributed by atoms with Gasteiger partial charge in [0, 0.05) is 23.4 Å². The van der Waals surface area contributed by atoms with Gasteiger partial charge in [-0.25, -0.2) is 9.37 Å². The standard InChI is InChI=1S/C22H24FN5O/c1-13-6-8-18(17(23)10-13)25-15-7-9-20(29)16(11-15)19-12-21(28-22(24)27-19)26-14-4-2-3-5-14/h6-12,14,25,29H,2-5H2,1H3,(H3,24,26,27,28). The fraction of sp³-hybridized carbons (Fsp3) is 0.273. The number of nitrogens with zero attached hydrogens (tertiary/aromatic N) is 2. The van der Waals surface area contributed by atoms with E-state index in [1.165, 1.54) is 18.9 Å². The van der Waals surface area contributed by atoms with Crippen molar-refractivity contribution in [2.45, 2.75) is 38.6 Å². The van der Waals surface area contributed by atoms with E-state index in [0.29, 0.717) is 34.5 Å². The lowest BCUT2D eigenvalue weighted by Crippen LogP contribution is -2.16. The van der Waals surface area contributed by atoms with Crippen LogP contribution in [0.2, 0.25) is 0 Å². The minimum Gasteiger partial charge on any atom is -0.507 e. The first-order valence-corrected chi connectivity index (χ1v) is 9.75. The summed E-state index contributed by atoms with van der Waals surface area (Å²) in [4.78, 5) is 8.55. The summed E-state index contributed by atoms with van der Waals surface area (Å²) in [5.41, 5.74) is 8.74. The minimum absolute atomic E-state index is 0.0600. The molecule has 0 saturated heterocycles. The van der Waals surface area contributed by atoms with Crippen molar-refractivity contribution in [3.8, 4) is 17.0 Å². The Morgan fingerprint density at radius 2 is 1.86 bits per heavy atom. The van der Waals surface area contributed by atoms with Crippen molar-refractivity contribution >= 4 is 23.1 Å². The molecule has 6 nitrogen and oxygen atoms in total. The highest BCUT2D eigenvalue weighted by Crippen LogP contribution is 2.34. The topological polar surface area (TPSA) is 96.1 Å². The van der Waals surface area contributed by atoms with Crippen LogP contribution in [0.5, 0.6) is 5.75 Å². The van der Waals surface area contributed by atoms with Gasteiger partial charge in [0.05, 0.1) is 11.4 Å². The lowest BCUT2D eigenvalue weighted by atomic mass is 10.1. The molecule has 29 heavy (non-hydrogen) atoms. The molecule has 150 valence electrons. The summed E-state index contributed by atoms with van der Waals surface area (Å²) in [5.74, 6) is 0.492. The Balaban J connectivity index is 1.64. The average Bonchev–Trinajstić information content (AvgIpc) is 3.18. The van der Waals surface area contributed by atoms with Gasteiger partial charge in [0.25, 0.3) is 0 Å². The van der Waals surface area contributed by atoms with Gasteiger partial charge in [-0.2, -0.15) is 4.98 Å². The third-order valence-electron chi connectivity index (χ3n) is 5.13. The second-order valence-corrected chi connectivity index (χ2v) is 7.46. The Kier molecular flexibility index (Phi) is 5.20. The molecule has 0 spiro atoms. The van der Waals surface area contributed by atoms with E-state index in [9.17, 15) is 9.50 Å². The Labute approximate surface area is 169 Å². The number of aryl methyl sites for hydroxylation is 1. The molecule has 7 heteroatoms. The van der Waals surface area contributed by atoms with Crippen molar-refractivity contribution in [3.05, 3.63) is 53.8 Å². The Morgan fingerprint density at radius 3 is 2.62 bits per heavy atom. The largest absolute Gasteiger partial charge is 0.507 e. The number of hydrogen-bond acceptors (Lipinski definition) is 6. The van der Waals surface area contributed by atoms with Crippen LogP contribution in [0, 0.1) is 12.7 Å². The lowest BCUT2D eigenvalue weighted by molar-refractivity contribution is 0.477. The van der Waals surface area contributed by atoms with Crippen LogP contribution in [0.25, 0.3) is 11.3 Å². The van der Waals surface area contributed by atoms with Crippen molar-refractivity contribution in [2.75, 3.05) is 16.4 Å². The van der Waals surface area contributed by atoms with Crippen molar-refractivity contribution in [2.24, 2.45) is 0 Å². The lowest BCUT2D eigenvalue weighted by Gasteiger charge is -2.15. The third-order valence-corrected chi connectivity index (χ3v) is 5.13. The summed E-state index contributed by atoms with van der Waals surface area (Å²) in [6.45, 7) is 1.84. The molecule has 0 atom stereocenters. The zero-order valence-corrected chi connectivity index (χ0v) is 16.2. The second kappa shape index (κ2) is 7.95. The van der Waals surface area contributed by atoms with Crippen LogP contribution in [0.4, 0.5) is 27.5 Å². The Hall–Kier alpha value is -3.35. The Morgan fingerprint density at radius 1 is 1.07 bits per heavy atom. The van der Waals surface area contributed by atoms with Gasteiger partial charge in [0.1, 0.15) is 17.4 Å². The third kappa shape index (κ3) is 4.39. The van der Waals surface area contributed by atoms with E-state index < -0.39 is 0 Å². The van der Waals surface area contributed by atoms with E-state index in [0.717, 1.165) is 18.4 Å². The predicted molar refractivity (Wildman–Crippen MR) is 114 cm³/mol. The maximum Gasteiger partial charge on any atom is 0.222 e. The van der Waals surface area contributed by atoms with Crippen LogP contribution >= 0.6 is 0 Å². The fourth-order valence-electron chi connectivity index (χ4n) is 3.65. The monoisotopic (exact) mass is 393 g/mol. The maximum atomic E-state index is 14.2. The average molecular weight is 393 g/mol. The number of aromatic nitrogens is 2. The van der Waals surface area contributed by atoms with Gasteiger partial charge in [-0.15, -0.1) is 0 Å². The molecule has 1 aliphatic carbocycles. The quantitative estimate of drug-likeness (QED) is 0.457. The van der Waals surface area contributed by atoms with Gasteiger partial charge in [0.15, 0.2) is 0 Å². The van der Waals surface area contributed by atoms with Crippen molar-refractivity contribution in [1.82, 2.24) is 9.97 Å². The van der Waals surface area contributed by atoms with E-state index in [2.05, 4.69) is 20.6 Å². The number of nitrogen functional groups attached to an aromatic ring is 1. The first-order valence-electron chi connectivity index (χ1n) is 9.75. The van der Waals surface area contributed by atoms with Crippen LogP contribution in [0.1, 0.15) is 31.2 Å². The summed E-state index contributed by atoms with van der Waals surface area (Å²) in [7, 11) is 0. The fourth-order valence-corrected chi connectivity index (χ4v) is 3.65. The first kappa shape index (κ1) is 19.0. The number of phenolic OH excluding ortho intramolecular Hbond substituents is 1. The van der Waals surface area contributed by atoms with Gasteiger partial charge in [-0.1, -0.05) is 18.9 Å². The number of nitrogens with one attached hydrogen (secondary N) is 2. The zero-order chi connectivity index (χ0) is 20.4. The summed E-state index contributed by atoms with van der Waals surface area (Å²) < 4.78 is 14.2.